The van der Waals surface area contributed by atoms with Crippen molar-refractivity contribution in [2.45, 2.75) is 37.5 Å². The average Bonchev–Trinajstić information content (AvgIpc) is 4.01. The first-order valence-corrected chi connectivity index (χ1v) is 25.3. The van der Waals surface area contributed by atoms with Crippen LogP contribution in [0.25, 0.3) is 22.5 Å². The van der Waals surface area contributed by atoms with Crippen LogP contribution in [0.4, 0.5) is 10.3 Å². The molecule has 18 heteroatoms. The average molecular weight is 947 g/mol. The molecule has 14 nitrogen and oxygen atoms in total. The molecule has 0 N–H and O–H groups in total. The normalized spacial score (nSPS) is 15.1. The first-order chi connectivity index (χ1) is 30.7. The molecule has 2 saturated heterocycles. The van der Waals surface area contributed by atoms with Gasteiger partial charge in [0.25, 0.3) is 0 Å². The minimum absolute atomic E-state index is 0.153. The number of ether oxygens (including phenoxy) is 4. The molecule has 0 spiro atoms. The predicted octanol–water partition coefficient (Wildman–Crippen LogP) is 7.91. The Labute approximate surface area is 384 Å². The van der Waals surface area contributed by atoms with Crippen molar-refractivity contribution in [1.82, 2.24) is 18.6 Å². The van der Waals surface area contributed by atoms with E-state index in [9.17, 15) is 16.8 Å². The molecule has 4 heterocycles. The molecule has 2 fully saturated rings. The maximum absolute atomic E-state index is 13.2. The van der Waals surface area contributed by atoms with E-state index in [1.165, 1.54) is 77.0 Å². The number of rotatable bonds is 12. The van der Waals surface area contributed by atoms with Gasteiger partial charge in [0.2, 0.25) is 20.0 Å². The molecule has 0 atom stereocenters. The lowest BCUT2D eigenvalue weighted by Gasteiger charge is -2.34. The second-order valence-corrected chi connectivity index (χ2v) is 20.8. The van der Waals surface area contributed by atoms with Gasteiger partial charge in [-0.2, -0.15) is 8.61 Å². The lowest BCUT2D eigenvalue weighted by atomic mass is 10.0. The van der Waals surface area contributed by atoms with Crippen molar-refractivity contribution in [3.05, 3.63) is 106 Å². The summed E-state index contributed by atoms with van der Waals surface area (Å²) >= 11 is 3.19. The molecule has 4 aromatic carbocycles. The Morgan fingerprint density at radius 2 is 0.938 bits per heavy atom. The van der Waals surface area contributed by atoms with E-state index in [0.717, 1.165) is 27.2 Å². The van der Waals surface area contributed by atoms with Crippen LogP contribution in [0.5, 0.6) is 23.0 Å². The largest absolute Gasteiger partial charge is 0.497 e. The van der Waals surface area contributed by atoms with Crippen LogP contribution in [-0.2, 0) is 20.0 Å². The van der Waals surface area contributed by atoms with E-state index in [1.807, 2.05) is 6.07 Å². The van der Waals surface area contributed by atoms with Gasteiger partial charge >= 0.3 is 0 Å². The van der Waals surface area contributed by atoms with E-state index in [-0.39, 0.29) is 21.3 Å². The van der Waals surface area contributed by atoms with Gasteiger partial charge in [-0.3, -0.25) is 0 Å². The lowest BCUT2D eigenvalue weighted by molar-refractivity contribution is 0.369. The van der Waals surface area contributed by atoms with E-state index in [2.05, 4.69) is 78.6 Å². The summed E-state index contributed by atoms with van der Waals surface area (Å²) in [5.41, 5.74) is 9.11. The highest BCUT2D eigenvalue weighted by Crippen LogP contribution is 2.36. The Balaban J connectivity index is 0.000000191. The fourth-order valence-electron chi connectivity index (χ4n) is 7.80. The number of methoxy groups -OCH3 is 4. The van der Waals surface area contributed by atoms with Crippen LogP contribution in [-0.4, -0.2) is 116 Å². The summed E-state index contributed by atoms with van der Waals surface area (Å²) in [5.74, 6) is 1.66. The van der Waals surface area contributed by atoms with Gasteiger partial charge in [-0.25, -0.2) is 26.8 Å². The maximum atomic E-state index is 13.2. The van der Waals surface area contributed by atoms with Crippen LogP contribution in [0.1, 0.15) is 22.3 Å². The standard InChI is InChI=1S/2C23H27N3O4S2/c1-16-6-5-7-19(17(16)2)20-15-31-23(24-20)25-10-12-26(13-11-25)32(27,28)22-9-8-18(29-3)14-21(22)30-4;1-16-6-5-7-17(2)22(16)19-15-31-23(24-19)25-10-12-26(13-11-25)32(27,28)21-9-8-18(29-3)14-20(21)30-4/h2*5-9,14-15H,10-13H2,1-4H3. The number of benzene rings is 4. The Hall–Kier alpha value is -5.24. The Bertz CT molecular complexity index is 2790. The second-order valence-electron chi connectivity index (χ2n) is 15.4. The minimum Gasteiger partial charge on any atom is -0.497 e. The first-order valence-electron chi connectivity index (χ1n) is 20.7. The number of hydrogen-bond donors (Lipinski definition) is 0. The lowest BCUT2D eigenvalue weighted by Crippen LogP contribution is -2.48. The summed E-state index contributed by atoms with van der Waals surface area (Å²) in [4.78, 5) is 14.3. The number of piperazine rings is 2. The fourth-order valence-corrected chi connectivity index (χ4v) is 12.7. The van der Waals surface area contributed by atoms with Crippen molar-refractivity contribution in [3.8, 4) is 45.5 Å². The van der Waals surface area contributed by atoms with Gasteiger partial charge in [0.15, 0.2) is 10.3 Å². The molecule has 2 aromatic heterocycles. The SMILES string of the molecule is COc1ccc(S(=O)(=O)N2CCN(c3nc(-c4c(C)cccc4C)cs3)CC2)c(OC)c1.COc1ccc(S(=O)(=O)N2CCN(c3nc(-c4cccc(C)c4C)cs3)CC2)c(OC)c1. The zero-order chi connectivity index (χ0) is 45.8. The summed E-state index contributed by atoms with van der Waals surface area (Å²) in [6.45, 7) is 12.3. The third-order valence-corrected chi connectivity index (χ3v) is 17.3. The fraction of sp³-hybridized carbons (Fsp3) is 0.348. The maximum Gasteiger partial charge on any atom is 0.246 e. The predicted molar refractivity (Wildman–Crippen MR) is 255 cm³/mol. The molecule has 0 bridgehead atoms. The molecule has 0 aliphatic carbocycles. The molecule has 340 valence electrons. The smallest absolute Gasteiger partial charge is 0.246 e. The van der Waals surface area contributed by atoms with E-state index in [1.54, 1.807) is 46.9 Å². The van der Waals surface area contributed by atoms with Crippen molar-refractivity contribution in [2.24, 2.45) is 0 Å². The van der Waals surface area contributed by atoms with Crippen molar-refractivity contribution < 1.29 is 35.8 Å². The summed E-state index contributed by atoms with van der Waals surface area (Å²) in [6.07, 6.45) is 0. The number of aryl methyl sites for hydroxylation is 3. The van der Waals surface area contributed by atoms with E-state index >= 15 is 0 Å². The monoisotopic (exact) mass is 946 g/mol. The third-order valence-electron chi connectivity index (χ3n) is 11.6. The molecule has 6 aromatic rings. The number of anilines is 2. The molecule has 0 saturated carbocycles. The first kappa shape index (κ1) is 46.7. The van der Waals surface area contributed by atoms with Gasteiger partial charge < -0.3 is 28.7 Å². The molecule has 0 radical (unpaired) electrons. The van der Waals surface area contributed by atoms with Crippen LogP contribution in [0.3, 0.4) is 0 Å². The van der Waals surface area contributed by atoms with E-state index < -0.39 is 20.0 Å². The van der Waals surface area contributed by atoms with Gasteiger partial charge in [-0.1, -0.05) is 36.4 Å². The third kappa shape index (κ3) is 9.72. The zero-order valence-electron chi connectivity index (χ0n) is 37.3. The number of hydrogen-bond acceptors (Lipinski definition) is 14. The van der Waals surface area contributed by atoms with E-state index in [4.69, 9.17) is 28.9 Å². The van der Waals surface area contributed by atoms with Gasteiger partial charge in [0, 0.05) is 86.4 Å². The second kappa shape index (κ2) is 19.9. The molecule has 2 aliphatic rings. The van der Waals surface area contributed by atoms with Gasteiger partial charge in [0.1, 0.15) is 32.8 Å². The Kier molecular flexibility index (Phi) is 14.5. The number of aromatic nitrogens is 2. The van der Waals surface area contributed by atoms with Crippen LogP contribution in [0, 0.1) is 27.7 Å². The molecular formula is C46H54N6O8S4. The topological polar surface area (TPSA) is 144 Å². The van der Waals surface area contributed by atoms with Gasteiger partial charge in [-0.05, 0) is 74.2 Å². The van der Waals surface area contributed by atoms with Crippen molar-refractivity contribution >= 4 is 53.0 Å². The summed E-state index contributed by atoms with van der Waals surface area (Å²) in [6, 6.07) is 22.0. The minimum atomic E-state index is -3.68. The van der Waals surface area contributed by atoms with Crippen LogP contribution < -0.4 is 28.7 Å². The summed E-state index contributed by atoms with van der Waals surface area (Å²) in [5, 5.41) is 5.99. The quantitative estimate of drug-likeness (QED) is 0.118. The van der Waals surface area contributed by atoms with Crippen LogP contribution in [0.2, 0.25) is 0 Å². The van der Waals surface area contributed by atoms with Gasteiger partial charge in [-0.15, -0.1) is 22.7 Å². The molecule has 0 amide bonds. The highest BCUT2D eigenvalue weighted by Gasteiger charge is 2.33. The van der Waals surface area contributed by atoms with Crippen molar-refractivity contribution in [2.75, 3.05) is 90.6 Å². The van der Waals surface area contributed by atoms with Crippen LogP contribution in [0.15, 0.2) is 93.3 Å². The number of thiazole rings is 2. The molecule has 8 rings (SSSR count). The van der Waals surface area contributed by atoms with Gasteiger partial charge in [0.05, 0.1) is 39.8 Å². The van der Waals surface area contributed by atoms with Crippen molar-refractivity contribution in [3.63, 3.8) is 0 Å². The number of sulfonamides is 2. The molecular weight excluding hydrogens is 893 g/mol. The van der Waals surface area contributed by atoms with Crippen LogP contribution >= 0.6 is 22.7 Å². The Morgan fingerprint density at radius 1 is 0.516 bits per heavy atom. The molecule has 64 heavy (non-hydrogen) atoms. The van der Waals surface area contributed by atoms with Crippen molar-refractivity contribution in [1.29, 1.82) is 0 Å². The summed E-state index contributed by atoms with van der Waals surface area (Å²) in [7, 11) is -1.36. The molecule has 2 aliphatic heterocycles. The highest BCUT2D eigenvalue weighted by molar-refractivity contribution is 7.89. The summed E-state index contributed by atoms with van der Waals surface area (Å²) < 4.78 is 77.0. The number of nitrogens with zero attached hydrogens (tertiary/aromatic N) is 6. The zero-order valence-corrected chi connectivity index (χ0v) is 40.6. The highest BCUT2D eigenvalue weighted by atomic mass is 32.2. The molecule has 0 unspecified atom stereocenters. The van der Waals surface area contributed by atoms with E-state index in [0.29, 0.717) is 63.9 Å². The Morgan fingerprint density at radius 3 is 1.39 bits per heavy atom.